The van der Waals surface area contributed by atoms with E-state index in [1.165, 1.54) is 11.1 Å². The van der Waals surface area contributed by atoms with Gasteiger partial charge in [-0.05, 0) is 12.5 Å². The summed E-state index contributed by atoms with van der Waals surface area (Å²) in [6.45, 7) is 4.96. The molecule has 1 aromatic carbocycles. The van der Waals surface area contributed by atoms with Gasteiger partial charge in [0.05, 0.1) is 0 Å². The monoisotopic (exact) mass is 229 g/mol. The van der Waals surface area contributed by atoms with Crippen LogP contribution in [0.25, 0.3) is 6.08 Å². The molecule has 1 aliphatic rings. The molecule has 1 aliphatic heterocycles. The van der Waals surface area contributed by atoms with Crippen molar-refractivity contribution in [1.29, 1.82) is 0 Å². The Morgan fingerprint density at radius 1 is 1.24 bits per heavy atom. The molecule has 0 saturated carbocycles. The van der Waals surface area contributed by atoms with E-state index in [0.717, 1.165) is 32.5 Å². The smallest absolute Gasteiger partial charge is 0.135 e. The van der Waals surface area contributed by atoms with Crippen molar-refractivity contribution in [2.24, 2.45) is 0 Å². The molecule has 0 spiro atoms. The Labute approximate surface area is 103 Å². The summed E-state index contributed by atoms with van der Waals surface area (Å²) in [5.41, 5.74) is 2.60. The first kappa shape index (κ1) is 12.1. The molecule has 0 N–H and O–H groups in total. The second kappa shape index (κ2) is 5.78. The predicted molar refractivity (Wildman–Crippen MR) is 70.8 cm³/mol. The average Bonchev–Trinajstić information content (AvgIpc) is 2.33. The number of piperidine rings is 1. The SMILES string of the molecule is CC(=Cc1ccccc1)CN1CCC(=O)CC1. The highest BCUT2D eigenvalue weighted by Gasteiger charge is 2.15. The van der Waals surface area contributed by atoms with E-state index in [9.17, 15) is 4.79 Å². The first-order valence-electron chi connectivity index (χ1n) is 6.20. The number of hydrogen-bond acceptors (Lipinski definition) is 2. The Morgan fingerprint density at radius 3 is 2.53 bits per heavy atom. The van der Waals surface area contributed by atoms with Gasteiger partial charge in [-0.25, -0.2) is 0 Å². The first-order chi connectivity index (χ1) is 8.24. The van der Waals surface area contributed by atoms with Crippen molar-refractivity contribution in [2.75, 3.05) is 19.6 Å². The Hall–Kier alpha value is -1.41. The molecule has 1 saturated heterocycles. The number of likely N-dealkylation sites (tertiary alicyclic amines) is 1. The number of hydrogen-bond donors (Lipinski definition) is 0. The molecule has 0 amide bonds. The molecular formula is C15H19NO. The molecule has 2 nitrogen and oxygen atoms in total. The molecule has 0 bridgehead atoms. The summed E-state index contributed by atoms with van der Waals surface area (Å²) < 4.78 is 0. The zero-order valence-electron chi connectivity index (χ0n) is 10.4. The number of nitrogens with zero attached hydrogens (tertiary/aromatic N) is 1. The van der Waals surface area contributed by atoms with E-state index in [1.54, 1.807) is 0 Å². The van der Waals surface area contributed by atoms with E-state index in [-0.39, 0.29) is 0 Å². The summed E-state index contributed by atoms with van der Waals surface area (Å²) in [5, 5.41) is 0. The largest absolute Gasteiger partial charge is 0.300 e. The van der Waals surface area contributed by atoms with Crippen LogP contribution >= 0.6 is 0 Å². The van der Waals surface area contributed by atoms with Gasteiger partial charge in [-0.1, -0.05) is 42.0 Å². The van der Waals surface area contributed by atoms with Crippen molar-refractivity contribution in [1.82, 2.24) is 4.90 Å². The van der Waals surface area contributed by atoms with E-state index in [1.807, 2.05) is 6.07 Å². The second-order valence-corrected chi connectivity index (χ2v) is 4.72. The highest BCUT2D eigenvalue weighted by molar-refractivity contribution is 5.79. The lowest BCUT2D eigenvalue weighted by atomic mass is 10.1. The number of benzene rings is 1. The van der Waals surface area contributed by atoms with Gasteiger partial charge in [-0.15, -0.1) is 0 Å². The number of rotatable bonds is 3. The van der Waals surface area contributed by atoms with Gasteiger partial charge in [0.1, 0.15) is 5.78 Å². The van der Waals surface area contributed by atoms with Crippen molar-refractivity contribution < 1.29 is 4.79 Å². The van der Waals surface area contributed by atoms with Gasteiger partial charge in [-0.2, -0.15) is 0 Å². The molecule has 1 heterocycles. The van der Waals surface area contributed by atoms with Crippen LogP contribution < -0.4 is 0 Å². The quantitative estimate of drug-likeness (QED) is 0.794. The number of carbonyl (C=O) groups excluding carboxylic acids is 1. The predicted octanol–water partition coefficient (Wildman–Crippen LogP) is 2.75. The maximum atomic E-state index is 11.1. The zero-order chi connectivity index (χ0) is 12.1. The molecule has 0 aliphatic carbocycles. The fraction of sp³-hybridized carbons (Fsp3) is 0.400. The van der Waals surface area contributed by atoms with E-state index in [0.29, 0.717) is 5.78 Å². The molecule has 1 fully saturated rings. The third kappa shape index (κ3) is 3.82. The van der Waals surface area contributed by atoms with Crippen LogP contribution in [-0.4, -0.2) is 30.3 Å². The zero-order valence-corrected chi connectivity index (χ0v) is 10.4. The highest BCUT2D eigenvalue weighted by Crippen LogP contribution is 2.11. The van der Waals surface area contributed by atoms with Crippen LogP contribution in [0.3, 0.4) is 0 Å². The van der Waals surface area contributed by atoms with Gasteiger partial charge in [0.15, 0.2) is 0 Å². The van der Waals surface area contributed by atoms with Gasteiger partial charge in [0.25, 0.3) is 0 Å². The Bertz CT molecular complexity index is 398. The van der Waals surface area contributed by atoms with E-state index < -0.39 is 0 Å². The summed E-state index contributed by atoms with van der Waals surface area (Å²) in [6.07, 6.45) is 3.66. The van der Waals surface area contributed by atoms with Gasteiger partial charge >= 0.3 is 0 Å². The lowest BCUT2D eigenvalue weighted by Gasteiger charge is -2.25. The third-order valence-corrected chi connectivity index (χ3v) is 3.10. The van der Waals surface area contributed by atoms with Crippen molar-refractivity contribution >= 4 is 11.9 Å². The van der Waals surface area contributed by atoms with Crippen LogP contribution in [0.15, 0.2) is 35.9 Å². The molecule has 0 unspecified atom stereocenters. The van der Waals surface area contributed by atoms with Gasteiger partial charge in [-0.3, -0.25) is 9.69 Å². The minimum atomic E-state index is 0.408. The van der Waals surface area contributed by atoms with E-state index in [4.69, 9.17) is 0 Å². The summed E-state index contributed by atoms with van der Waals surface area (Å²) in [5.74, 6) is 0.408. The Kier molecular flexibility index (Phi) is 4.10. The van der Waals surface area contributed by atoms with Crippen LogP contribution in [-0.2, 0) is 4.79 Å². The fourth-order valence-corrected chi connectivity index (χ4v) is 2.19. The number of ketones is 1. The molecule has 1 aromatic rings. The molecule has 0 radical (unpaired) electrons. The lowest BCUT2D eigenvalue weighted by Crippen LogP contribution is -2.34. The molecule has 90 valence electrons. The fourth-order valence-electron chi connectivity index (χ4n) is 2.19. The molecular weight excluding hydrogens is 210 g/mol. The summed E-state index contributed by atoms with van der Waals surface area (Å²) >= 11 is 0. The van der Waals surface area contributed by atoms with Crippen molar-refractivity contribution in [2.45, 2.75) is 19.8 Å². The molecule has 17 heavy (non-hydrogen) atoms. The molecule has 2 rings (SSSR count). The minimum Gasteiger partial charge on any atom is -0.300 e. The van der Waals surface area contributed by atoms with Gasteiger partial charge in [0, 0.05) is 32.5 Å². The average molecular weight is 229 g/mol. The van der Waals surface area contributed by atoms with Crippen LogP contribution in [0.1, 0.15) is 25.3 Å². The summed E-state index contributed by atoms with van der Waals surface area (Å²) in [7, 11) is 0. The van der Waals surface area contributed by atoms with Crippen LogP contribution in [0, 0.1) is 0 Å². The normalized spacial score (nSPS) is 18.4. The van der Waals surface area contributed by atoms with Gasteiger partial charge < -0.3 is 0 Å². The highest BCUT2D eigenvalue weighted by atomic mass is 16.1. The second-order valence-electron chi connectivity index (χ2n) is 4.72. The number of carbonyl (C=O) groups is 1. The maximum absolute atomic E-state index is 11.1. The van der Waals surface area contributed by atoms with E-state index >= 15 is 0 Å². The standard InChI is InChI=1S/C15H19NO/c1-13(11-14-5-3-2-4-6-14)12-16-9-7-15(17)8-10-16/h2-6,11H,7-10,12H2,1H3. The van der Waals surface area contributed by atoms with E-state index in [2.05, 4.69) is 42.2 Å². The van der Waals surface area contributed by atoms with Crippen LogP contribution in [0.2, 0.25) is 0 Å². The minimum absolute atomic E-state index is 0.408. The topological polar surface area (TPSA) is 20.3 Å². The molecule has 0 atom stereocenters. The van der Waals surface area contributed by atoms with Gasteiger partial charge in [0.2, 0.25) is 0 Å². The third-order valence-electron chi connectivity index (χ3n) is 3.10. The Morgan fingerprint density at radius 2 is 1.88 bits per heavy atom. The van der Waals surface area contributed by atoms with Crippen molar-refractivity contribution in [3.05, 3.63) is 41.5 Å². The van der Waals surface area contributed by atoms with Crippen LogP contribution in [0.5, 0.6) is 0 Å². The Balaban J connectivity index is 1.90. The summed E-state index contributed by atoms with van der Waals surface area (Å²) in [6, 6.07) is 10.4. The first-order valence-corrected chi connectivity index (χ1v) is 6.20. The van der Waals surface area contributed by atoms with Crippen molar-refractivity contribution in [3.8, 4) is 0 Å². The lowest BCUT2D eigenvalue weighted by molar-refractivity contribution is -0.121. The van der Waals surface area contributed by atoms with Crippen LogP contribution in [0.4, 0.5) is 0 Å². The summed E-state index contributed by atoms with van der Waals surface area (Å²) in [4.78, 5) is 13.5. The number of Topliss-reactive ketones (excluding diaryl/α,β-unsaturated/α-hetero) is 1. The molecule has 2 heteroatoms. The maximum Gasteiger partial charge on any atom is 0.135 e. The van der Waals surface area contributed by atoms with Crippen molar-refractivity contribution in [3.63, 3.8) is 0 Å². The molecule has 0 aromatic heterocycles.